The zero-order valence-electron chi connectivity index (χ0n) is 8.40. The quantitative estimate of drug-likeness (QED) is 0.789. The maximum Gasteiger partial charge on any atom is 0.306 e. The predicted molar refractivity (Wildman–Crippen MR) is 57.3 cm³/mol. The summed E-state index contributed by atoms with van der Waals surface area (Å²) in [5, 5.41) is 27.4. The van der Waals surface area contributed by atoms with Crippen LogP contribution in [-0.4, -0.2) is 27.4 Å². The Kier molecular flexibility index (Phi) is 4.55. The second kappa shape index (κ2) is 5.52. The molecule has 2 unspecified atom stereocenters. The Labute approximate surface area is 104 Å². The van der Waals surface area contributed by atoms with Crippen LogP contribution in [0.1, 0.15) is 18.1 Å². The highest BCUT2D eigenvalue weighted by atomic mass is 79.9. The fraction of sp³-hybridized carbons (Fsp3) is 0.300. The maximum absolute atomic E-state index is 13.4. The molecule has 94 valence electrons. The number of carboxylic acid groups (broad SMARTS) is 1. The Bertz CT molecular complexity index is 415. The van der Waals surface area contributed by atoms with E-state index >= 15 is 0 Å². The molecule has 0 aromatic heterocycles. The molecule has 0 aliphatic rings. The minimum atomic E-state index is -1.75. The molecular formula is C10H9BrF2O4. The van der Waals surface area contributed by atoms with Crippen LogP contribution in [0, 0.1) is 11.6 Å². The first kappa shape index (κ1) is 14.0. The van der Waals surface area contributed by atoms with Crippen molar-refractivity contribution in [1.29, 1.82) is 0 Å². The number of aliphatic hydroxyl groups excluding tert-OH is 2. The fourth-order valence-corrected chi connectivity index (χ4v) is 1.96. The number of carboxylic acids is 1. The Morgan fingerprint density at radius 2 is 1.94 bits per heavy atom. The highest BCUT2D eigenvalue weighted by molar-refractivity contribution is 9.10. The molecule has 0 fully saturated rings. The van der Waals surface area contributed by atoms with Crippen LogP contribution in [-0.2, 0) is 4.79 Å². The highest BCUT2D eigenvalue weighted by Crippen LogP contribution is 2.30. The summed E-state index contributed by atoms with van der Waals surface area (Å²) in [4.78, 5) is 10.3. The molecule has 0 spiro atoms. The number of aliphatic hydroxyl groups is 2. The number of hydrogen-bond donors (Lipinski definition) is 3. The first-order valence-corrected chi connectivity index (χ1v) is 5.34. The largest absolute Gasteiger partial charge is 0.481 e. The molecule has 1 rings (SSSR count). The van der Waals surface area contributed by atoms with Gasteiger partial charge in [-0.25, -0.2) is 8.78 Å². The van der Waals surface area contributed by atoms with Gasteiger partial charge in [0.2, 0.25) is 0 Å². The van der Waals surface area contributed by atoms with Crippen LogP contribution in [0.5, 0.6) is 0 Å². The molecular weight excluding hydrogens is 302 g/mol. The summed E-state index contributed by atoms with van der Waals surface area (Å²) in [5.41, 5.74) is -0.375. The lowest BCUT2D eigenvalue weighted by atomic mass is 10.0. The Balaban J connectivity index is 3.03. The highest BCUT2D eigenvalue weighted by Gasteiger charge is 2.26. The van der Waals surface area contributed by atoms with Gasteiger partial charge in [-0.15, -0.1) is 0 Å². The van der Waals surface area contributed by atoms with Crippen molar-refractivity contribution in [3.63, 3.8) is 0 Å². The van der Waals surface area contributed by atoms with Gasteiger partial charge in [-0.05, 0) is 6.07 Å². The topological polar surface area (TPSA) is 77.8 Å². The van der Waals surface area contributed by atoms with Gasteiger partial charge in [0.1, 0.15) is 17.7 Å². The average molecular weight is 311 g/mol. The maximum atomic E-state index is 13.4. The van der Waals surface area contributed by atoms with Crippen molar-refractivity contribution in [2.75, 3.05) is 0 Å². The van der Waals surface area contributed by atoms with Gasteiger partial charge in [0.05, 0.1) is 12.5 Å². The van der Waals surface area contributed by atoms with Crippen LogP contribution >= 0.6 is 15.9 Å². The van der Waals surface area contributed by atoms with Crippen LogP contribution in [0.4, 0.5) is 8.78 Å². The number of halogens is 3. The van der Waals surface area contributed by atoms with Crippen molar-refractivity contribution in [2.45, 2.75) is 18.6 Å². The zero-order valence-corrected chi connectivity index (χ0v) is 9.99. The normalized spacial score (nSPS) is 14.4. The summed E-state index contributed by atoms with van der Waals surface area (Å²) in [6, 6.07) is 1.45. The van der Waals surface area contributed by atoms with Crippen molar-refractivity contribution < 1.29 is 28.9 Å². The van der Waals surface area contributed by atoms with Gasteiger partial charge in [0, 0.05) is 16.1 Å². The zero-order chi connectivity index (χ0) is 13.2. The van der Waals surface area contributed by atoms with Crippen molar-refractivity contribution in [3.05, 3.63) is 33.8 Å². The summed E-state index contributed by atoms with van der Waals surface area (Å²) in [5.74, 6) is -3.25. The van der Waals surface area contributed by atoms with Gasteiger partial charge in [-0.1, -0.05) is 15.9 Å². The van der Waals surface area contributed by atoms with Crippen LogP contribution in [0.15, 0.2) is 16.6 Å². The predicted octanol–water partition coefficient (Wildman–Crippen LogP) is 1.60. The van der Waals surface area contributed by atoms with Gasteiger partial charge < -0.3 is 15.3 Å². The van der Waals surface area contributed by atoms with E-state index in [1.54, 1.807) is 0 Å². The summed E-state index contributed by atoms with van der Waals surface area (Å²) in [6.45, 7) is 0. The van der Waals surface area contributed by atoms with E-state index < -0.39 is 36.2 Å². The van der Waals surface area contributed by atoms with E-state index in [0.29, 0.717) is 6.07 Å². The Morgan fingerprint density at radius 1 is 1.35 bits per heavy atom. The third-order valence-corrected chi connectivity index (χ3v) is 2.74. The number of hydrogen-bond acceptors (Lipinski definition) is 3. The molecule has 0 bridgehead atoms. The molecule has 2 atom stereocenters. The van der Waals surface area contributed by atoms with E-state index in [1.165, 1.54) is 0 Å². The molecule has 4 nitrogen and oxygen atoms in total. The lowest BCUT2D eigenvalue weighted by Crippen LogP contribution is -2.23. The van der Waals surface area contributed by atoms with E-state index in [-0.39, 0.29) is 10.0 Å². The second-order valence-corrected chi connectivity index (χ2v) is 4.25. The lowest BCUT2D eigenvalue weighted by molar-refractivity contribution is -0.141. The molecule has 7 heteroatoms. The van der Waals surface area contributed by atoms with Crippen LogP contribution in [0.2, 0.25) is 0 Å². The summed E-state index contributed by atoms with van der Waals surface area (Å²) in [7, 11) is 0. The SMILES string of the molecule is O=C(O)CC(O)C(O)c1c(F)cc(F)cc1Br. The van der Waals surface area contributed by atoms with Gasteiger partial charge in [-0.3, -0.25) is 4.79 Å². The minimum absolute atomic E-state index is 0.0769. The lowest BCUT2D eigenvalue weighted by Gasteiger charge is -2.18. The Morgan fingerprint density at radius 3 is 2.41 bits per heavy atom. The molecule has 1 aromatic rings. The van der Waals surface area contributed by atoms with Gasteiger partial charge in [-0.2, -0.15) is 0 Å². The first-order valence-electron chi connectivity index (χ1n) is 4.55. The van der Waals surface area contributed by atoms with Crippen molar-refractivity contribution in [1.82, 2.24) is 0 Å². The van der Waals surface area contributed by atoms with E-state index in [4.69, 9.17) is 5.11 Å². The fourth-order valence-electron chi connectivity index (χ4n) is 1.32. The molecule has 0 aliphatic heterocycles. The minimum Gasteiger partial charge on any atom is -0.481 e. The van der Waals surface area contributed by atoms with Gasteiger partial charge in [0.15, 0.2) is 0 Å². The van der Waals surface area contributed by atoms with Crippen molar-refractivity contribution in [2.24, 2.45) is 0 Å². The van der Waals surface area contributed by atoms with E-state index in [1.807, 2.05) is 0 Å². The van der Waals surface area contributed by atoms with Gasteiger partial charge >= 0.3 is 5.97 Å². The monoisotopic (exact) mass is 310 g/mol. The molecule has 1 aromatic carbocycles. The third kappa shape index (κ3) is 3.45. The summed E-state index contributed by atoms with van der Waals surface area (Å²) in [6.07, 6.45) is -4.17. The van der Waals surface area contributed by atoms with Crippen LogP contribution in [0.3, 0.4) is 0 Å². The Hall–Kier alpha value is -1.05. The molecule has 0 radical (unpaired) electrons. The number of aliphatic carboxylic acids is 1. The summed E-state index contributed by atoms with van der Waals surface area (Å²) < 4.78 is 26.1. The molecule has 17 heavy (non-hydrogen) atoms. The average Bonchev–Trinajstić information content (AvgIpc) is 2.14. The first-order chi connectivity index (χ1) is 7.82. The molecule has 0 heterocycles. The summed E-state index contributed by atoms with van der Waals surface area (Å²) >= 11 is 2.83. The van der Waals surface area contributed by atoms with E-state index in [2.05, 4.69) is 15.9 Å². The van der Waals surface area contributed by atoms with Crippen LogP contribution < -0.4 is 0 Å². The van der Waals surface area contributed by atoms with Crippen molar-refractivity contribution >= 4 is 21.9 Å². The van der Waals surface area contributed by atoms with Crippen LogP contribution in [0.25, 0.3) is 0 Å². The molecule has 0 saturated carbocycles. The molecule has 0 aliphatic carbocycles. The molecule has 0 saturated heterocycles. The third-order valence-electron chi connectivity index (χ3n) is 2.09. The van der Waals surface area contributed by atoms with E-state index in [9.17, 15) is 23.8 Å². The van der Waals surface area contributed by atoms with Crippen molar-refractivity contribution in [3.8, 4) is 0 Å². The molecule has 0 amide bonds. The molecule has 3 N–H and O–H groups in total. The second-order valence-electron chi connectivity index (χ2n) is 3.39. The smallest absolute Gasteiger partial charge is 0.306 e. The standard InChI is InChI=1S/C10H9BrF2O4/c11-5-1-4(12)2-6(13)9(5)10(17)7(14)3-8(15)16/h1-2,7,10,14,17H,3H2,(H,15,16). The number of benzene rings is 1. The van der Waals surface area contributed by atoms with Gasteiger partial charge in [0.25, 0.3) is 0 Å². The number of rotatable bonds is 4. The van der Waals surface area contributed by atoms with E-state index in [0.717, 1.165) is 6.07 Å². The number of carbonyl (C=O) groups is 1.